The highest BCUT2D eigenvalue weighted by Gasteiger charge is 2.05. The van der Waals surface area contributed by atoms with Crippen LogP contribution in [0.5, 0.6) is 0 Å². The van der Waals surface area contributed by atoms with Gasteiger partial charge in [-0.05, 0) is 5.92 Å². The lowest BCUT2D eigenvalue weighted by molar-refractivity contribution is -0.461. The fourth-order valence-electron chi connectivity index (χ4n) is 0.642. The minimum atomic E-state index is 0.694. The molecular formula is C8H18N+. The van der Waals surface area contributed by atoms with Crippen LogP contribution in [0.2, 0.25) is 0 Å². The SMILES string of the molecule is CC(C)C(C)C=[N+](C)C. The Morgan fingerprint density at radius 2 is 1.56 bits per heavy atom. The Hall–Kier alpha value is -0.330. The van der Waals surface area contributed by atoms with Gasteiger partial charge in [0.25, 0.3) is 0 Å². The van der Waals surface area contributed by atoms with E-state index < -0.39 is 0 Å². The third-order valence-corrected chi connectivity index (χ3v) is 1.58. The van der Waals surface area contributed by atoms with Crippen molar-refractivity contribution < 1.29 is 4.58 Å². The van der Waals surface area contributed by atoms with Crippen LogP contribution < -0.4 is 0 Å². The fraction of sp³-hybridized carbons (Fsp3) is 0.875. The van der Waals surface area contributed by atoms with E-state index in [1.807, 2.05) is 0 Å². The first-order valence-electron chi connectivity index (χ1n) is 3.55. The normalized spacial score (nSPS) is 13.6. The summed E-state index contributed by atoms with van der Waals surface area (Å²) >= 11 is 0. The smallest absolute Gasteiger partial charge is 0.142 e. The lowest BCUT2D eigenvalue weighted by Crippen LogP contribution is -2.12. The van der Waals surface area contributed by atoms with E-state index in [-0.39, 0.29) is 0 Å². The van der Waals surface area contributed by atoms with Crippen molar-refractivity contribution in [3.63, 3.8) is 0 Å². The largest absolute Gasteiger partial charge is 0.245 e. The van der Waals surface area contributed by atoms with E-state index in [9.17, 15) is 0 Å². The van der Waals surface area contributed by atoms with Crippen LogP contribution in [-0.2, 0) is 0 Å². The van der Waals surface area contributed by atoms with Gasteiger partial charge in [0.1, 0.15) is 20.3 Å². The molecule has 1 nitrogen and oxygen atoms in total. The van der Waals surface area contributed by atoms with E-state index in [1.54, 1.807) is 0 Å². The molecule has 1 heteroatoms. The maximum atomic E-state index is 2.24. The van der Waals surface area contributed by atoms with Crippen LogP contribution in [0.1, 0.15) is 20.8 Å². The molecule has 54 valence electrons. The highest BCUT2D eigenvalue weighted by atomic mass is 14.9. The van der Waals surface area contributed by atoms with Crippen molar-refractivity contribution >= 4 is 6.21 Å². The van der Waals surface area contributed by atoms with E-state index >= 15 is 0 Å². The quantitative estimate of drug-likeness (QED) is 0.393. The van der Waals surface area contributed by atoms with Crippen LogP contribution in [0.4, 0.5) is 0 Å². The molecule has 1 atom stereocenters. The van der Waals surface area contributed by atoms with Crippen LogP contribution in [0.3, 0.4) is 0 Å². The summed E-state index contributed by atoms with van der Waals surface area (Å²) in [6, 6.07) is 0. The van der Waals surface area contributed by atoms with Gasteiger partial charge < -0.3 is 0 Å². The van der Waals surface area contributed by atoms with Crippen molar-refractivity contribution in [2.45, 2.75) is 20.8 Å². The van der Waals surface area contributed by atoms with E-state index in [1.165, 1.54) is 0 Å². The van der Waals surface area contributed by atoms with Gasteiger partial charge in [-0.3, -0.25) is 0 Å². The van der Waals surface area contributed by atoms with Gasteiger partial charge in [0, 0.05) is 5.92 Å². The van der Waals surface area contributed by atoms with E-state index in [0.717, 1.165) is 5.92 Å². The average Bonchev–Trinajstić information content (AvgIpc) is 1.63. The lowest BCUT2D eigenvalue weighted by Gasteiger charge is -2.05. The van der Waals surface area contributed by atoms with Gasteiger partial charge in [-0.25, -0.2) is 4.58 Å². The van der Waals surface area contributed by atoms with Crippen molar-refractivity contribution in [2.24, 2.45) is 11.8 Å². The summed E-state index contributed by atoms with van der Waals surface area (Å²) < 4.78 is 2.12. The predicted octanol–water partition coefficient (Wildman–Crippen LogP) is 1.62. The van der Waals surface area contributed by atoms with Crippen LogP contribution >= 0.6 is 0 Å². The molecular weight excluding hydrogens is 110 g/mol. The van der Waals surface area contributed by atoms with Gasteiger partial charge in [-0.1, -0.05) is 20.8 Å². The fourth-order valence-corrected chi connectivity index (χ4v) is 0.642. The van der Waals surface area contributed by atoms with Gasteiger partial charge in [0.15, 0.2) is 0 Å². The molecule has 0 spiro atoms. The molecule has 1 unspecified atom stereocenters. The summed E-state index contributed by atoms with van der Waals surface area (Å²) in [6.45, 7) is 6.72. The number of hydrogen-bond acceptors (Lipinski definition) is 0. The first-order valence-corrected chi connectivity index (χ1v) is 3.55. The van der Waals surface area contributed by atoms with Gasteiger partial charge in [0.05, 0.1) is 0 Å². The van der Waals surface area contributed by atoms with Crippen molar-refractivity contribution in [1.29, 1.82) is 0 Å². The van der Waals surface area contributed by atoms with Crippen molar-refractivity contribution in [3.05, 3.63) is 0 Å². The van der Waals surface area contributed by atoms with Gasteiger partial charge in [-0.15, -0.1) is 0 Å². The zero-order valence-electron chi connectivity index (χ0n) is 7.18. The summed E-state index contributed by atoms with van der Waals surface area (Å²) in [5.41, 5.74) is 0. The molecule has 0 N–H and O–H groups in total. The highest BCUT2D eigenvalue weighted by Crippen LogP contribution is 2.05. The first-order chi connectivity index (χ1) is 4.04. The molecule has 0 heterocycles. The van der Waals surface area contributed by atoms with E-state index in [4.69, 9.17) is 0 Å². The standard InChI is InChI=1S/C8H18N/c1-7(2)8(3)6-9(4)5/h6-8H,1-5H3/q+1. The minimum absolute atomic E-state index is 0.694. The third-order valence-electron chi connectivity index (χ3n) is 1.58. The molecule has 0 aliphatic heterocycles. The van der Waals surface area contributed by atoms with Gasteiger partial charge in [0.2, 0.25) is 0 Å². The molecule has 0 radical (unpaired) electrons. The summed E-state index contributed by atoms with van der Waals surface area (Å²) in [7, 11) is 4.14. The van der Waals surface area contributed by atoms with Crippen LogP contribution in [0.25, 0.3) is 0 Å². The molecule has 0 aliphatic rings. The maximum Gasteiger partial charge on any atom is 0.142 e. The van der Waals surface area contributed by atoms with Crippen molar-refractivity contribution in [2.75, 3.05) is 14.1 Å². The lowest BCUT2D eigenvalue weighted by atomic mass is 10.00. The van der Waals surface area contributed by atoms with Crippen LogP contribution in [0, 0.1) is 11.8 Å². The zero-order valence-corrected chi connectivity index (χ0v) is 7.18. The Kier molecular flexibility index (Phi) is 3.52. The second-order valence-corrected chi connectivity index (χ2v) is 3.22. The van der Waals surface area contributed by atoms with Crippen molar-refractivity contribution in [1.82, 2.24) is 0 Å². The number of rotatable bonds is 2. The van der Waals surface area contributed by atoms with Crippen molar-refractivity contribution in [3.8, 4) is 0 Å². The Labute approximate surface area is 58.4 Å². The molecule has 0 aromatic carbocycles. The Balaban J connectivity index is 3.76. The van der Waals surface area contributed by atoms with Crippen LogP contribution in [-0.4, -0.2) is 24.9 Å². The molecule has 0 saturated carbocycles. The number of hydrogen-bond donors (Lipinski definition) is 0. The molecule has 0 bridgehead atoms. The van der Waals surface area contributed by atoms with E-state index in [0.29, 0.717) is 5.92 Å². The Bertz CT molecular complexity index is 99.1. The second kappa shape index (κ2) is 3.65. The summed E-state index contributed by atoms with van der Waals surface area (Å²) in [5, 5.41) is 0. The molecule has 9 heavy (non-hydrogen) atoms. The Morgan fingerprint density at radius 1 is 1.11 bits per heavy atom. The minimum Gasteiger partial charge on any atom is -0.245 e. The zero-order chi connectivity index (χ0) is 7.44. The molecule has 0 fully saturated rings. The highest BCUT2D eigenvalue weighted by molar-refractivity contribution is 5.54. The Morgan fingerprint density at radius 3 is 1.67 bits per heavy atom. The molecule has 0 aromatic heterocycles. The third kappa shape index (κ3) is 4.19. The summed E-state index contributed by atoms with van der Waals surface area (Å²) in [5.74, 6) is 1.45. The predicted molar refractivity (Wildman–Crippen MR) is 42.2 cm³/mol. The molecule has 0 saturated heterocycles. The first kappa shape index (κ1) is 8.67. The van der Waals surface area contributed by atoms with Gasteiger partial charge in [-0.2, -0.15) is 0 Å². The maximum absolute atomic E-state index is 2.24. The summed E-state index contributed by atoms with van der Waals surface area (Å²) in [4.78, 5) is 0. The molecule has 0 rings (SSSR count). The number of nitrogens with zero attached hydrogens (tertiary/aromatic N) is 1. The van der Waals surface area contributed by atoms with Gasteiger partial charge >= 0.3 is 0 Å². The van der Waals surface area contributed by atoms with Crippen LogP contribution in [0.15, 0.2) is 0 Å². The average molecular weight is 128 g/mol. The van der Waals surface area contributed by atoms with E-state index in [2.05, 4.69) is 45.7 Å². The molecule has 0 aromatic rings. The summed E-state index contributed by atoms with van der Waals surface area (Å²) in [6.07, 6.45) is 2.24. The molecule has 0 aliphatic carbocycles. The second-order valence-electron chi connectivity index (χ2n) is 3.22. The topological polar surface area (TPSA) is 3.01 Å². The monoisotopic (exact) mass is 128 g/mol. The molecule has 0 amide bonds.